The van der Waals surface area contributed by atoms with Gasteiger partial charge in [-0.25, -0.2) is 16.8 Å². The van der Waals surface area contributed by atoms with Crippen molar-refractivity contribution in [3.63, 3.8) is 0 Å². The lowest BCUT2D eigenvalue weighted by Crippen LogP contribution is -2.57. The van der Waals surface area contributed by atoms with Gasteiger partial charge < -0.3 is 29.6 Å². The van der Waals surface area contributed by atoms with Crippen LogP contribution in [0.5, 0.6) is 34.5 Å². The number of carbonyl (C=O) groups excluding carboxylic acids is 2. The van der Waals surface area contributed by atoms with Crippen molar-refractivity contribution < 1.29 is 71.7 Å². The van der Waals surface area contributed by atoms with Crippen LogP contribution in [-0.4, -0.2) is 131 Å². The van der Waals surface area contributed by atoms with Crippen molar-refractivity contribution in [1.82, 2.24) is 35.4 Å². The van der Waals surface area contributed by atoms with Crippen LogP contribution in [0.4, 0.5) is 26.3 Å². The van der Waals surface area contributed by atoms with Gasteiger partial charge in [-0.2, -0.15) is 0 Å². The van der Waals surface area contributed by atoms with Crippen molar-refractivity contribution in [2.45, 2.75) is 136 Å². The number of nitrogens with one attached hydrogen (secondary N) is 2. The van der Waals surface area contributed by atoms with E-state index in [4.69, 9.17) is 15.9 Å². The highest BCUT2D eigenvalue weighted by molar-refractivity contribution is 7.94. The van der Waals surface area contributed by atoms with Crippen LogP contribution < -0.4 is 29.6 Å². The molecule has 4 aromatic carbocycles. The van der Waals surface area contributed by atoms with E-state index < -0.39 is 73.3 Å². The van der Waals surface area contributed by atoms with Crippen LogP contribution in [0.25, 0.3) is 0 Å². The predicted molar refractivity (Wildman–Crippen MR) is 304 cm³/mol. The molecule has 26 heteroatoms. The first kappa shape index (κ1) is 67.1. The Morgan fingerprint density at radius 1 is 0.627 bits per heavy atom. The maximum atomic E-state index is 13.8. The van der Waals surface area contributed by atoms with Crippen LogP contribution in [0.3, 0.4) is 0 Å². The van der Waals surface area contributed by atoms with E-state index in [9.17, 15) is 52.8 Å². The molecule has 2 aliphatic heterocycles. The van der Waals surface area contributed by atoms with E-state index in [-0.39, 0.29) is 58.5 Å². The summed E-state index contributed by atoms with van der Waals surface area (Å²) in [5.41, 5.74) is 0.787. The highest BCUT2D eigenvalue weighted by atomic mass is 32.2. The third kappa shape index (κ3) is 17.9. The first-order chi connectivity index (χ1) is 38.7. The van der Waals surface area contributed by atoms with E-state index in [1.54, 1.807) is 4.68 Å². The number of aryl methyl sites for hydroxylation is 1. The molecule has 0 unspecified atom stereocenters. The minimum atomic E-state index is -4.80. The van der Waals surface area contributed by atoms with Crippen molar-refractivity contribution in [1.29, 1.82) is 0 Å². The molecular weight excluding hydrogens is 1150 g/mol. The fourth-order valence-corrected chi connectivity index (χ4v) is 12.6. The number of alkyl halides is 6. The number of halogens is 6. The molecule has 0 saturated carbocycles. The lowest BCUT2D eigenvalue weighted by atomic mass is 9.94. The molecule has 2 N–H and O–H groups in total. The fraction of sp³-hybridized carbons (Fsp3) is 0.474. The number of likely N-dealkylation sites (tertiary alicyclic amines) is 2. The first-order valence-electron chi connectivity index (χ1n) is 26.7. The summed E-state index contributed by atoms with van der Waals surface area (Å²) in [4.78, 5) is 29.7. The van der Waals surface area contributed by atoms with Crippen LogP contribution in [0.1, 0.15) is 71.9 Å². The largest absolute Gasteiger partial charge is 0.573 e. The molecule has 2 amide bonds. The summed E-state index contributed by atoms with van der Waals surface area (Å²) >= 11 is 0. The van der Waals surface area contributed by atoms with Gasteiger partial charge in [-0.15, -0.1) is 37.9 Å². The van der Waals surface area contributed by atoms with Crippen LogP contribution >= 0.6 is 0 Å². The van der Waals surface area contributed by atoms with E-state index in [0.717, 1.165) is 49.3 Å². The number of piperidine rings is 2. The number of hydrogen-bond donors (Lipinski definition) is 2. The van der Waals surface area contributed by atoms with Gasteiger partial charge in [-0.05, 0) is 134 Å². The van der Waals surface area contributed by atoms with Gasteiger partial charge in [0.1, 0.15) is 34.5 Å². The Morgan fingerprint density at radius 3 is 1.28 bits per heavy atom. The number of ether oxygens (including phenoxy) is 4. The molecule has 454 valence electrons. The van der Waals surface area contributed by atoms with Crippen molar-refractivity contribution in [2.24, 2.45) is 0 Å². The van der Waals surface area contributed by atoms with E-state index in [1.165, 1.54) is 86.9 Å². The summed E-state index contributed by atoms with van der Waals surface area (Å²) in [5, 5.41) is 13.9. The minimum Gasteiger partial charge on any atom is -0.457 e. The molecule has 2 saturated heterocycles. The molecular formula is C57H73F6N7O10S2Si. The highest BCUT2D eigenvalue weighted by Gasteiger charge is 2.54. The average Bonchev–Trinajstić information content (AvgIpc) is 1.67. The number of terminal acetylenes is 1. The standard InChI is InChI=1S/C27H32F3N5O5S.C23H23F3N2O5S.C7H18Si/c1-3-4-15-35-19-20(32-33-35)18-34-16-13-26(14-17-34,25(36)31-2)41(37,38)24-11-9-22(10-12-24)39-21-5-7-23(8-6-21)40-27(28,29)30;1-3-14-28-15-12-22(13-16-28,21(29)27-2)34(30,31)20-10-8-18(9-11-20)32-17-4-6-19(7-5-17)33-23(24,25)26;1-7(2,3)8(4,5)6/h5-12,19H,3-4,13-18H2,1-2H3,(H,31,36);1,4-11H,12-16H2,2H3,(H,27,29);1-6H3. The summed E-state index contributed by atoms with van der Waals surface area (Å²) in [5.74, 6) is 1.59. The lowest BCUT2D eigenvalue weighted by molar-refractivity contribution is -0.275. The van der Waals surface area contributed by atoms with Gasteiger partial charge in [0.25, 0.3) is 0 Å². The predicted octanol–water partition coefficient (Wildman–Crippen LogP) is 10.8. The Labute approximate surface area is 483 Å². The zero-order valence-electron chi connectivity index (χ0n) is 48.0. The normalized spacial score (nSPS) is 15.9. The van der Waals surface area contributed by atoms with Crippen LogP contribution in [0.15, 0.2) is 113 Å². The maximum Gasteiger partial charge on any atom is 0.573 e. The number of hydrogen-bond acceptors (Lipinski definition) is 14. The molecule has 0 radical (unpaired) electrons. The summed E-state index contributed by atoms with van der Waals surface area (Å²) in [6, 6.07) is 20.7. The van der Waals surface area contributed by atoms with Crippen molar-refractivity contribution in [3.05, 3.63) is 109 Å². The zero-order chi connectivity index (χ0) is 61.7. The molecule has 2 aliphatic rings. The molecule has 17 nitrogen and oxygen atoms in total. The van der Waals surface area contributed by atoms with Crippen LogP contribution in [0, 0.1) is 12.3 Å². The van der Waals surface area contributed by atoms with Crippen molar-refractivity contribution >= 4 is 39.6 Å². The van der Waals surface area contributed by atoms with Gasteiger partial charge >= 0.3 is 12.7 Å². The van der Waals surface area contributed by atoms with Crippen LogP contribution in [-0.2, 0) is 42.4 Å². The maximum absolute atomic E-state index is 13.8. The van der Waals surface area contributed by atoms with Crippen molar-refractivity contribution in [2.75, 3.05) is 46.8 Å². The molecule has 2 fully saturated rings. The molecule has 0 atom stereocenters. The Balaban J connectivity index is 0.000000272. The van der Waals surface area contributed by atoms with Gasteiger partial charge in [-0.3, -0.25) is 24.1 Å². The molecule has 3 heterocycles. The number of aromatic nitrogens is 3. The molecule has 0 spiro atoms. The second kappa shape index (κ2) is 27.8. The van der Waals surface area contributed by atoms with E-state index in [2.05, 4.69) is 88.6 Å². The highest BCUT2D eigenvalue weighted by Crippen LogP contribution is 2.40. The van der Waals surface area contributed by atoms with E-state index in [1.807, 2.05) is 11.1 Å². The summed E-state index contributed by atoms with van der Waals surface area (Å²) < 4.78 is 146. The quantitative estimate of drug-likeness (QED) is 0.0477. The third-order valence-corrected chi connectivity index (χ3v) is 24.3. The van der Waals surface area contributed by atoms with Crippen LogP contribution in [0.2, 0.25) is 24.7 Å². The summed E-state index contributed by atoms with van der Waals surface area (Å²) in [7, 11) is -6.20. The average molecular weight is 1220 g/mol. The van der Waals surface area contributed by atoms with Gasteiger partial charge in [-0.1, -0.05) is 64.9 Å². The lowest BCUT2D eigenvalue weighted by Gasteiger charge is -2.39. The summed E-state index contributed by atoms with van der Waals surface area (Å²) in [6.45, 7) is 19.5. The van der Waals surface area contributed by atoms with Gasteiger partial charge in [0.2, 0.25) is 11.8 Å². The second-order valence-electron chi connectivity index (χ2n) is 21.9. The zero-order valence-corrected chi connectivity index (χ0v) is 50.6. The smallest absolute Gasteiger partial charge is 0.457 e. The minimum absolute atomic E-state index is 0.0327. The number of unbranched alkanes of at least 4 members (excludes halogenated alkanes) is 1. The monoisotopic (exact) mass is 1220 g/mol. The van der Waals surface area contributed by atoms with E-state index >= 15 is 0 Å². The number of carbonyl (C=O) groups is 2. The second-order valence-corrected chi connectivity index (χ2v) is 32.4. The summed E-state index contributed by atoms with van der Waals surface area (Å²) in [6.07, 6.45) is 0.0721. The number of sulfone groups is 2. The Bertz CT molecular complexity index is 3170. The Hall–Kier alpha value is -6.66. The topological polar surface area (TPSA) is 201 Å². The number of nitrogens with zero attached hydrogens (tertiary/aromatic N) is 5. The molecule has 7 rings (SSSR count). The fourth-order valence-electron chi connectivity index (χ4n) is 8.55. The molecule has 83 heavy (non-hydrogen) atoms. The number of benzene rings is 4. The molecule has 1 aromatic heterocycles. The number of rotatable bonds is 18. The Kier molecular flexibility index (Phi) is 22.5. The molecule has 0 bridgehead atoms. The molecule has 0 aliphatic carbocycles. The molecule has 5 aromatic rings. The number of amides is 2. The van der Waals surface area contributed by atoms with Gasteiger partial charge in [0.05, 0.1) is 22.0 Å². The first-order valence-corrected chi connectivity index (χ1v) is 33.2. The third-order valence-electron chi connectivity index (χ3n) is 14.8. The van der Waals surface area contributed by atoms with Gasteiger partial charge in [0, 0.05) is 67.6 Å². The van der Waals surface area contributed by atoms with Crippen molar-refractivity contribution in [3.8, 4) is 46.8 Å². The Morgan fingerprint density at radius 2 is 0.964 bits per heavy atom. The van der Waals surface area contributed by atoms with E-state index in [0.29, 0.717) is 44.3 Å². The SMILES string of the molecule is C#CCN1CCC(C(=O)NC)(S(=O)(=O)c2ccc(Oc3ccc(OC(F)(F)F)cc3)cc2)CC1.CC(C)(C)[Si](C)(C)C.CCCCn1cc(CN2CCC(C(=O)NC)(S(=O)(=O)c3ccc(Oc4ccc(OC(F)(F)F)cc4)cc3)CC2)nn1. The van der Waals surface area contributed by atoms with Gasteiger partial charge in [0.15, 0.2) is 29.2 Å².